The Morgan fingerprint density at radius 3 is 2.44 bits per heavy atom. The van der Waals surface area contributed by atoms with Crippen molar-refractivity contribution in [3.63, 3.8) is 0 Å². The minimum absolute atomic E-state index is 0.206. The van der Waals surface area contributed by atoms with Crippen molar-refractivity contribution in [3.05, 3.63) is 36.2 Å². The number of nitrogens with one attached hydrogen (secondary N) is 1. The van der Waals surface area contributed by atoms with Crippen molar-refractivity contribution in [2.75, 3.05) is 31.5 Å². The number of hydrogen-bond acceptors (Lipinski definition) is 2. The molecule has 0 saturated carbocycles. The fraction of sp³-hybridized carbons (Fsp3) is 0.667. The summed E-state index contributed by atoms with van der Waals surface area (Å²) in [6.07, 6.45) is 7.90. The second kappa shape index (κ2) is 12.2. The van der Waals surface area contributed by atoms with Crippen LogP contribution in [0.4, 0.5) is 10.1 Å². The lowest BCUT2D eigenvalue weighted by atomic mass is 9.89. The van der Waals surface area contributed by atoms with Crippen LogP contribution in [0.2, 0.25) is 0 Å². The summed E-state index contributed by atoms with van der Waals surface area (Å²) in [7, 11) is 0. The summed E-state index contributed by atoms with van der Waals surface area (Å²) in [5.41, 5.74) is 1.86. The first-order valence-corrected chi connectivity index (χ1v) is 10.8. The third-order valence-corrected chi connectivity index (χ3v) is 5.22. The Hall–Kier alpha value is -1.35. The highest BCUT2D eigenvalue weighted by Gasteiger charge is 2.20. The van der Waals surface area contributed by atoms with Crippen LogP contribution in [0.15, 0.2) is 24.8 Å². The highest BCUT2D eigenvalue weighted by atomic mass is 19.1. The third kappa shape index (κ3) is 9.41. The van der Waals surface area contributed by atoms with E-state index in [1.165, 1.54) is 45.3 Å². The fourth-order valence-corrected chi connectivity index (χ4v) is 3.42. The number of halogens is 1. The van der Waals surface area contributed by atoms with Gasteiger partial charge in [0.15, 0.2) is 0 Å². The van der Waals surface area contributed by atoms with Crippen molar-refractivity contribution in [1.82, 2.24) is 4.90 Å². The molecule has 1 aliphatic heterocycles. The van der Waals surface area contributed by atoms with Crippen molar-refractivity contribution in [1.29, 1.82) is 0 Å². The molecule has 1 aromatic rings. The molecule has 1 aromatic carbocycles. The standard InChI is InChI=1S/C22H35FN2.C2H6/c1-5-19-8-9-20(17-21(19)23)24-13-6-7-18-10-14-25(15-11-18)16-12-22(2,3)4;1-2/h5,8-9,17-18,24H,1,6-7,10-16H2,2-4H3;1-2H3. The van der Waals surface area contributed by atoms with Gasteiger partial charge in [-0.2, -0.15) is 0 Å². The normalized spacial score (nSPS) is 15.8. The van der Waals surface area contributed by atoms with Crippen LogP contribution >= 0.6 is 0 Å². The van der Waals surface area contributed by atoms with Gasteiger partial charge in [-0.25, -0.2) is 4.39 Å². The smallest absolute Gasteiger partial charge is 0.132 e. The first-order chi connectivity index (χ1) is 12.9. The summed E-state index contributed by atoms with van der Waals surface area (Å²) in [5, 5.41) is 3.34. The van der Waals surface area contributed by atoms with Gasteiger partial charge >= 0.3 is 0 Å². The molecular formula is C24H41FN2. The molecule has 0 amide bonds. The van der Waals surface area contributed by atoms with Crippen LogP contribution < -0.4 is 5.32 Å². The number of nitrogens with zero attached hydrogens (tertiary/aromatic N) is 1. The minimum Gasteiger partial charge on any atom is -0.385 e. The zero-order valence-electron chi connectivity index (χ0n) is 18.3. The van der Waals surface area contributed by atoms with E-state index in [2.05, 4.69) is 37.6 Å². The summed E-state index contributed by atoms with van der Waals surface area (Å²) < 4.78 is 13.7. The summed E-state index contributed by atoms with van der Waals surface area (Å²) in [6.45, 7) is 19.2. The molecular weight excluding hydrogens is 335 g/mol. The maximum Gasteiger partial charge on any atom is 0.132 e. The fourth-order valence-electron chi connectivity index (χ4n) is 3.42. The first-order valence-electron chi connectivity index (χ1n) is 10.8. The molecule has 1 heterocycles. The zero-order valence-corrected chi connectivity index (χ0v) is 18.3. The Bertz CT molecular complexity index is 540. The van der Waals surface area contributed by atoms with Crippen molar-refractivity contribution in [3.8, 4) is 0 Å². The lowest BCUT2D eigenvalue weighted by molar-refractivity contribution is 0.159. The molecule has 0 aliphatic carbocycles. The van der Waals surface area contributed by atoms with Crippen LogP contribution in [0.25, 0.3) is 6.08 Å². The molecule has 3 heteroatoms. The molecule has 2 nitrogen and oxygen atoms in total. The molecule has 1 N–H and O–H groups in total. The van der Waals surface area contributed by atoms with Crippen molar-refractivity contribution in [2.24, 2.45) is 11.3 Å². The molecule has 27 heavy (non-hydrogen) atoms. The van der Waals surface area contributed by atoms with Crippen molar-refractivity contribution < 1.29 is 4.39 Å². The summed E-state index contributed by atoms with van der Waals surface area (Å²) >= 11 is 0. The Kier molecular flexibility index (Phi) is 10.7. The highest BCUT2D eigenvalue weighted by Crippen LogP contribution is 2.25. The monoisotopic (exact) mass is 376 g/mol. The predicted octanol–water partition coefficient (Wildman–Crippen LogP) is 6.84. The average molecular weight is 377 g/mol. The third-order valence-electron chi connectivity index (χ3n) is 5.22. The van der Waals surface area contributed by atoms with Gasteiger partial charge in [-0.1, -0.05) is 53.3 Å². The molecule has 1 aliphatic rings. The zero-order chi connectivity index (χ0) is 20.3. The van der Waals surface area contributed by atoms with Crippen LogP contribution in [-0.4, -0.2) is 31.1 Å². The van der Waals surface area contributed by atoms with Crippen LogP contribution in [0.1, 0.15) is 72.3 Å². The number of benzene rings is 1. The lowest BCUT2D eigenvalue weighted by Gasteiger charge is -2.33. The quantitative estimate of drug-likeness (QED) is 0.500. The number of likely N-dealkylation sites (tertiary alicyclic amines) is 1. The van der Waals surface area contributed by atoms with E-state index >= 15 is 0 Å². The molecule has 0 spiro atoms. The van der Waals surface area contributed by atoms with Gasteiger partial charge in [0, 0.05) is 17.8 Å². The van der Waals surface area contributed by atoms with Gasteiger partial charge in [-0.15, -0.1) is 0 Å². The van der Waals surface area contributed by atoms with Gasteiger partial charge in [0.05, 0.1) is 0 Å². The summed E-state index contributed by atoms with van der Waals surface area (Å²) in [6, 6.07) is 5.26. The predicted molar refractivity (Wildman–Crippen MR) is 119 cm³/mol. The molecule has 0 bridgehead atoms. The second-order valence-electron chi connectivity index (χ2n) is 8.61. The van der Waals surface area contributed by atoms with Gasteiger partial charge in [-0.05, 0) is 75.2 Å². The van der Waals surface area contributed by atoms with Gasteiger partial charge in [0.25, 0.3) is 0 Å². The maximum absolute atomic E-state index is 13.7. The Balaban J connectivity index is 0.00000176. The SMILES string of the molecule is C=Cc1ccc(NCCCC2CCN(CCC(C)(C)C)CC2)cc1F.CC. The van der Waals surface area contributed by atoms with Crippen LogP contribution in [0.5, 0.6) is 0 Å². The number of hydrogen-bond donors (Lipinski definition) is 1. The van der Waals surface area contributed by atoms with Crippen LogP contribution in [0.3, 0.4) is 0 Å². The molecule has 1 fully saturated rings. The van der Waals surface area contributed by atoms with E-state index in [0.29, 0.717) is 11.0 Å². The Morgan fingerprint density at radius 1 is 1.22 bits per heavy atom. The van der Waals surface area contributed by atoms with E-state index in [1.807, 2.05) is 19.9 Å². The molecule has 0 radical (unpaired) electrons. The Labute approximate surface area is 167 Å². The summed E-state index contributed by atoms with van der Waals surface area (Å²) in [4.78, 5) is 2.63. The van der Waals surface area contributed by atoms with E-state index in [0.717, 1.165) is 24.6 Å². The maximum atomic E-state index is 13.7. The average Bonchev–Trinajstić information content (AvgIpc) is 2.66. The number of rotatable bonds is 8. The van der Waals surface area contributed by atoms with Gasteiger partial charge in [0.1, 0.15) is 5.82 Å². The Morgan fingerprint density at radius 2 is 1.89 bits per heavy atom. The van der Waals surface area contributed by atoms with Gasteiger partial charge in [0.2, 0.25) is 0 Å². The molecule has 0 unspecified atom stereocenters. The molecule has 0 aromatic heterocycles. The van der Waals surface area contributed by atoms with E-state index in [4.69, 9.17) is 0 Å². The molecule has 1 saturated heterocycles. The molecule has 2 rings (SSSR count). The number of piperidine rings is 1. The summed E-state index contributed by atoms with van der Waals surface area (Å²) in [5.74, 6) is 0.648. The van der Waals surface area contributed by atoms with E-state index in [1.54, 1.807) is 18.2 Å². The van der Waals surface area contributed by atoms with Gasteiger partial charge in [-0.3, -0.25) is 0 Å². The molecule has 154 valence electrons. The lowest BCUT2D eigenvalue weighted by Crippen LogP contribution is -2.35. The van der Waals surface area contributed by atoms with E-state index in [-0.39, 0.29) is 5.82 Å². The van der Waals surface area contributed by atoms with Crippen molar-refractivity contribution in [2.45, 2.75) is 66.7 Å². The minimum atomic E-state index is -0.206. The number of anilines is 1. The van der Waals surface area contributed by atoms with E-state index < -0.39 is 0 Å². The van der Waals surface area contributed by atoms with Crippen LogP contribution in [0, 0.1) is 17.2 Å². The topological polar surface area (TPSA) is 15.3 Å². The van der Waals surface area contributed by atoms with Crippen molar-refractivity contribution >= 4 is 11.8 Å². The van der Waals surface area contributed by atoms with E-state index in [9.17, 15) is 4.39 Å². The second-order valence-corrected chi connectivity index (χ2v) is 8.61. The highest BCUT2D eigenvalue weighted by molar-refractivity contribution is 5.54. The van der Waals surface area contributed by atoms with Crippen LogP contribution in [-0.2, 0) is 0 Å². The largest absolute Gasteiger partial charge is 0.385 e. The first kappa shape index (κ1) is 23.7. The molecule has 0 atom stereocenters. The van der Waals surface area contributed by atoms with Gasteiger partial charge < -0.3 is 10.2 Å².